The molecule has 0 saturated heterocycles. The molecule has 0 aliphatic carbocycles. The van der Waals surface area contributed by atoms with Crippen LogP contribution < -0.4 is 5.32 Å². The lowest BCUT2D eigenvalue weighted by Gasteiger charge is -2.05. The van der Waals surface area contributed by atoms with Crippen molar-refractivity contribution >= 4 is 17.5 Å². The Labute approximate surface area is 110 Å². The molecular formula is C14H13N3O2. The molecule has 0 radical (unpaired) electrons. The van der Waals surface area contributed by atoms with E-state index in [0.717, 1.165) is 11.1 Å². The van der Waals surface area contributed by atoms with Crippen molar-refractivity contribution in [2.45, 2.75) is 13.8 Å². The summed E-state index contributed by atoms with van der Waals surface area (Å²) in [6, 6.07) is 5.30. The summed E-state index contributed by atoms with van der Waals surface area (Å²) in [6.45, 7) is 2.92. The van der Waals surface area contributed by atoms with Crippen LogP contribution >= 0.6 is 0 Å². The third-order valence-corrected chi connectivity index (χ3v) is 2.54. The first-order valence-electron chi connectivity index (χ1n) is 5.76. The van der Waals surface area contributed by atoms with Gasteiger partial charge < -0.3 is 5.32 Å². The first-order valence-corrected chi connectivity index (χ1v) is 5.76. The maximum Gasteiger partial charge on any atom is 0.222 e. The molecule has 19 heavy (non-hydrogen) atoms. The van der Waals surface area contributed by atoms with Crippen molar-refractivity contribution in [1.29, 1.82) is 0 Å². The first kappa shape index (κ1) is 12.9. The molecule has 96 valence electrons. The fraction of sp³-hybridized carbons (Fsp3) is 0.143. The molecule has 0 fully saturated rings. The van der Waals surface area contributed by atoms with E-state index >= 15 is 0 Å². The number of nitrogens with zero attached hydrogens (tertiary/aromatic N) is 2. The Balaban J connectivity index is 2.38. The molecule has 2 rings (SSSR count). The molecule has 0 aromatic carbocycles. The van der Waals surface area contributed by atoms with Crippen LogP contribution in [0.2, 0.25) is 0 Å². The van der Waals surface area contributed by atoms with Gasteiger partial charge in [-0.25, -0.2) is 4.98 Å². The van der Waals surface area contributed by atoms with E-state index in [1.54, 1.807) is 30.6 Å². The molecule has 2 heterocycles. The molecule has 0 unspecified atom stereocenters. The van der Waals surface area contributed by atoms with E-state index in [-0.39, 0.29) is 11.7 Å². The summed E-state index contributed by atoms with van der Waals surface area (Å²) in [4.78, 5) is 30.4. The van der Waals surface area contributed by atoms with Crippen LogP contribution in [0.1, 0.15) is 24.2 Å². The van der Waals surface area contributed by atoms with Gasteiger partial charge in [-0.1, -0.05) is 0 Å². The fourth-order valence-electron chi connectivity index (χ4n) is 1.65. The van der Waals surface area contributed by atoms with Crippen molar-refractivity contribution in [2.75, 3.05) is 5.32 Å². The highest BCUT2D eigenvalue weighted by Gasteiger charge is 2.05. The standard InChI is InChI=1S/C14H13N3O2/c1-9(18)12-5-13(8-15-7-12)11-3-4-16-14(6-11)17-10(2)19/h3-8H,1-2H3,(H,16,17,19). The van der Waals surface area contributed by atoms with E-state index in [4.69, 9.17) is 0 Å². The van der Waals surface area contributed by atoms with Crippen LogP contribution in [-0.2, 0) is 4.79 Å². The van der Waals surface area contributed by atoms with E-state index in [9.17, 15) is 9.59 Å². The minimum atomic E-state index is -0.180. The summed E-state index contributed by atoms with van der Waals surface area (Å²) in [5.41, 5.74) is 2.20. The molecule has 2 aromatic heterocycles. The number of carbonyl (C=O) groups is 2. The van der Waals surface area contributed by atoms with Gasteiger partial charge in [0.1, 0.15) is 5.82 Å². The van der Waals surface area contributed by atoms with E-state index in [1.165, 1.54) is 20.0 Å². The average Bonchev–Trinajstić information content (AvgIpc) is 2.38. The number of Topliss-reactive ketones (excluding diaryl/α,β-unsaturated/α-hetero) is 1. The summed E-state index contributed by atoms with van der Waals surface area (Å²) in [5.74, 6) is 0.254. The van der Waals surface area contributed by atoms with Gasteiger partial charge in [0, 0.05) is 36.6 Å². The Bertz CT molecular complexity index is 638. The molecule has 5 heteroatoms. The molecule has 1 N–H and O–H groups in total. The maximum atomic E-state index is 11.3. The van der Waals surface area contributed by atoms with Gasteiger partial charge in [-0.15, -0.1) is 0 Å². The smallest absolute Gasteiger partial charge is 0.222 e. The van der Waals surface area contributed by atoms with E-state index in [2.05, 4.69) is 15.3 Å². The Morgan fingerprint density at radius 1 is 1.11 bits per heavy atom. The minimum Gasteiger partial charge on any atom is -0.311 e. The van der Waals surface area contributed by atoms with Crippen molar-refractivity contribution in [3.8, 4) is 11.1 Å². The van der Waals surface area contributed by atoms with Crippen LogP contribution in [0.15, 0.2) is 36.8 Å². The SMILES string of the molecule is CC(=O)Nc1cc(-c2cncc(C(C)=O)c2)ccn1. The van der Waals surface area contributed by atoms with Crippen molar-refractivity contribution in [3.05, 3.63) is 42.4 Å². The second-order valence-electron chi connectivity index (χ2n) is 4.13. The number of carbonyl (C=O) groups excluding carboxylic acids is 2. The highest BCUT2D eigenvalue weighted by atomic mass is 16.1. The third-order valence-electron chi connectivity index (χ3n) is 2.54. The Morgan fingerprint density at radius 2 is 1.89 bits per heavy atom. The predicted octanol–water partition coefficient (Wildman–Crippen LogP) is 2.30. The van der Waals surface area contributed by atoms with Crippen LogP contribution in [0.25, 0.3) is 11.1 Å². The number of ketones is 1. The highest BCUT2D eigenvalue weighted by Crippen LogP contribution is 2.21. The van der Waals surface area contributed by atoms with Crippen LogP contribution in [0.3, 0.4) is 0 Å². The highest BCUT2D eigenvalue weighted by molar-refractivity contribution is 5.95. The quantitative estimate of drug-likeness (QED) is 0.854. The lowest BCUT2D eigenvalue weighted by molar-refractivity contribution is -0.114. The van der Waals surface area contributed by atoms with Crippen molar-refractivity contribution in [2.24, 2.45) is 0 Å². The van der Waals surface area contributed by atoms with Gasteiger partial charge >= 0.3 is 0 Å². The van der Waals surface area contributed by atoms with E-state index < -0.39 is 0 Å². The lowest BCUT2D eigenvalue weighted by atomic mass is 10.1. The summed E-state index contributed by atoms with van der Waals surface area (Å²) in [6.07, 6.45) is 4.79. The summed E-state index contributed by atoms with van der Waals surface area (Å²) in [5, 5.41) is 2.61. The Morgan fingerprint density at radius 3 is 2.58 bits per heavy atom. The molecule has 0 aliphatic heterocycles. The molecular weight excluding hydrogens is 242 g/mol. The van der Waals surface area contributed by atoms with Crippen molar-refractivity contribution < 1.29 is 9.59 Å². The number of amides is 1. The number of aromatic nitrogens is 2. The largest absolute Gasteiger partial charge is 0.311 e. The molecule has 0 aliphatic rings. The first-order chi connectivity index (χ1) is 9.06. The molecule has 0 spiro atoms. The number of nitrogens with one attached hydrogen (secondary N) is 1. The normalized spacial score (nSPS) is 10.0. The summed E-state index contributed by atoms with van der Waals surface area (Å²) < 4.78 is 0. The third kappa shape index (κ3) is 3.22. The number of hydrogen-bond acceptors (Lipinski definition) is 4. The van der Waals surface area contributed by atoms with Gasteiger partial charge in [0.25, 0.3) is 0 Å². The second kappa shape index (κ2) is 5.39. The summed E-state index contributed by atoms with van der Waals surface area (Å²) in [7, 11) is 0. The lowest BCUT2D eigenvalue weighted by Crippen LogP contribution is -2.07. The number of anilines is 1. The number of rotatable bonds is 3. The zero-order valence-electron chi connectivity index (χ0n) is 10.7. The Hall–Kier alpha value is -2.56. The van der Waals surface area contributed by atoms with Gasteiger partial charge in [-0.2, -0.15) is 0 Å². The second-order valence-corrected chi connectivity index (χ2v) is 4.13. The summed E-state index contributed by atoms with van der Waals surface area (Å²) >= 11 is 0. The van der Waals surface area contributed by atoms with Crippen LogP contribution in [0.4, 0.5) is 5.82 Å². The predicted molar refractivity (Wildman–Crippen MR) is 71.8 cm³/mol. The van der Waals surface area contributed by atoms with Gasteiger partial charge in [0.15, 0.2) is 5.78 Å². The van der Waals surface area contributed by atoms with Crippen molar-refractivity contribution in [3.63, 3.8) is 0 Å². The zero-order valence-corrected chi connectivity index (χ0v) is 10.7. The molecule has 2 aromatic rings. The average molecular weight is 255 g/mol. The van der Waals surface area contributed by atoms with Gasteiger partial charge in [0.2, 0.25) is 5.91 Å². The van der Waals surface area contributed by atoms with Gasteiger partial charge in [0.05, 0.1) is 0 Å². The van der Waals surface area contributed by atoms with E-state index in [0.29, 0.717) is 11.4 Å². The topological polar surface area (TPSA) is 72.0 Å². The molecule has 0 bridgehead atoms. The number of pyridine rings is 2. The van der Waals surface area contributed by atoms with Crippen LogP contribution in [0.5, 0.6) is 0 Å². The molecule has 1 amide bonds. The molecule has 5 nitrogen and oxygen atoms in total. The van der Waals surface area contributed by atoms with Crippen molar-refractivity contribution in [1.82, 2.24) is 9.97 Å². The monoisotopic (exact) mass is 255 g/mol. The van der Waals surface area contributed by atoms with Gasteiger partial charge in [-0.05, 0) is 30.7 Å². The zero-order chi connectivity index (χ0) is 13.8. The van der Waals surface area contributed by atoms with Crippen LogP contribution in [-0.4, -0.2) is 21.7 Å². The van der Waals surface area contributed by atoms with E-state index in [1.807, 2.05) is 0 Å². The fourth-order valence-corrected chi connectivity index (χ4v) is 1.65. The Kier molecular flexibility index (Phi) is 3.66. The maximum absolute atomic E-state index is 11.3. The number of hydrogen-bond donors (Lipinski definition) is 1. The molecule has 0 saturated carbocycles. The van der Waals surface area contributed by atoms with Gasteiger partial charge in [-0.3, -0.25) is 14.6 Å². The minimum absolute atomic E-state index is 0.0366. The van der Waals surface area contributed by atoms with Crippen LogP contribution in [0, 0.1) is 0 Å². The molecule has 0 atom stereocenters.